The number of nitrogens with two attached hydrogens (primary N) is 1. The molecule has 0 bridgehead atoms. The van der Waals surface area contributed by atoms with E-state index in [2.05, 4.69) is 19.8 Å². The lowest BCUT2D eigenvalue weighted by molar-refractivity contribution is 0.141. The van der Waals surface area contributed by atoms with Crippen LogP contribution in [0.15, 0.2) is 46.3 Å². The number of anilines is 2. The number of nitrogens with zero attached hydrogens (tertiary/aromatic N) is 4. The zero-order chi connectivity index (χ0) is 19.6. The summed E-state index contributed by atoms with van der Waals surface area (Å²) in [5.41, 5.74) is 6.03. The van der Waals surface area contributed by atoms with E-state index in [1.807, 2.05) is 0 Å². The highest BCUT2D eigenvalue weighted by atomic mass is 32.2. The van der Waals surface area contributed by atoms with Crippen LogP contribution in [-0.4, -0.2) is 55.5 Å². The third-order valence-electron chi connectivity index (χ3n) is 5.77. The summed E-state index contributed by atoms with van der Waals surface area (Å²) in [6.07, 6.45) is 7.45. The Balaban J connectivity index is 1.47. The van der Waals surface area contributed by atoms with E-state index in [0.29, 0.717) is 12.0 Å². The zero-order valence-corrected chi connectivity index (χ0v) is 16.8. The maximum atomic E-state index is 12.8. The summed E-state index contributed by atoms with van der Waals surface area (Å²) >= 11 is 0. The van der Waals surface area contributed by atoms with Gasteiger partial charge in [0, 0.05) is 19.1 Å². The molecule has 0 saturated carbocycles. The summed E-state index contributed by atoms with van der Waals surface area (Å²) in [6, 6.07) is 8.87. The van der Waals surface area contributed by atoms with Gasteiger partial charge in [0.25, 0.3) is 0 Å². The van der Waals surface area contributed by atoms with Gasteiger partial charge in [0.1, 0.15) is 10.7 Å². The summed E-state index contributed by atoms with van der Waals surface area (Å²) in [7, 11) is -3.72. The van der Waals surface area contributed by atoms with Crippen LogP contribution in [0.1, 0.15) is 32.1 Å². The summed E-state index contributed by atoms with van der Waals surface area (Å²) < 4.78 is 25.6. The monoisotopic (exact) mass is 401 g/mol. The van der Waals surface area contributed by atoms with E-state index in [-0.39, 0.29) is 15.6 Å². The highest BCUT2D eigenvalue weighted by Gasteiger charge is 2.28. The maximum absolute atomic E-state index is 12.8. The normalized spacial score (nSPS) is 19.6. The number of likely N-dealkylation sites (tertiary alicyclic amines) is 1. The molecule has 2 aliphatic heterocycles. The largest absolute Gasteiger partial charge is 0.382 e. The van der Waals surface area contributed by atoms with Gasteiger partial charge >= 0.3 is 0 Å². The molecule has 150 valence electrons. The minimum absolute atomic E-state index is 0.00649. The minimum Gasteiger partial charge on any atom is -0.382 e. The van der Waals surface area contributed by atoms with Crippen LogP contribution in [0.4, 0.5) is 11.8 Å². The van der Waals surface area contributed by atoms with Gasteiger partial charge < -0.3 is 15.5 Å². The van der Waals surface area contributed by atoms with Crippen LogP contribution in [0.25, 0.3) is 0 Å². The van der Waals surface area contributed by atoms with Crippen molar-refractivity contribution >= 4 is 21.6 Å². The Hall–Kier alpha value is -2.19. The number of rotatable bonds is 4. The lowest BCUT2D eigenvalue weighted by Crippen LogP contribution is -2.47. The average Bonchev–Trinajstić information content (AvgIpc) is 2.75. The van der Waals surface area contributed by atoms with E-state index in [9.17, 15) is 8.42 Å². The maximum Gasteiger partial charge on any atom is 0.227 e. The van der Waals surface area contributed by atoms with Crippen molar-refractivity contribution in [3.63, 3.8) is 0 Å². The first kappa shape index (κ1) is 19.1. The van der Waals surface area contributed by atoms with Crippen molar-refractivity contribution in [3.8, 4) is 0 Å². The molecule has 4 rings (SSSR count). The molecule has 2 aromatic rings. The van der Waals surface area contributed by atoms with Crippen molar-refractivity contribution in [1.29, 1.82) is 0 Å². The quantitative estimate of drug-likeness (QED) is 0.840. The first-order valence-electron chi connectivity index (χ1n) is 9.97. The van der Waals surface area contributed by atoms with E-state index >= 15 is 0 Å². The number of benzene rings is 1. The summed E-state index contributed by atoms with van der Waals surface area (Å²) in [5.74, 6) is 0.522. The minimum atomic E-state index is -3.72. The fraction of sp³-hybridized carbons (Fsp3) is 0.500. The van der Waals surface area contributed by atoms with Crippen LogP contribution in [-0.2, 0) is 9.84 Å². The summed E-state index contributed by atoms with van der Waals surface area (Å²) in [4.78, 5) is 13.5. The fourth-order valence-corrected chi connectivity index (χ4v) is 5.46. The van der Waals surface area contributed by atoms with Crippen molar-refractivity contribution in [2.45, 2.75) is 47.9 Å². The zero-order valence-electron chi connectivity index (χ0n) is 16.0. The van der Waals surface area contributed by atoms with Crippen molar-refractivity contribution in [3.05, 3.63) is 36.5 Å². The van der Waals surface area contributed by atoms with Gasteiger partial charge in [0.15, 0.2) is 0 Å². The number of sulfone groups is 1. The second-order valence-electron chi connectivity index (χ2n) is 7.55. The van der Waals surface area contributed by atoms with Gasteiger partial charge in [-0.05, 0) is 50.9 Å². The van der Waals surface area contributed by atoms with E-state index in [4.69, 9.17) is 5.73 Å². The lowest BCUT2D eigenvalue weighted by Gasteiger charge is -2.40. The Bertz CT molecular complexity index is 905. The number of aromatic nitrogens is 2. The van der Waals surface area contributed by atoms with Crippen LogP contribution in [0.2, 0.25) is 0 Å². The SMILES string of the molecule is Nc1nc(N2CCC(N3CCCCC3)CC2)ncc1S(=O)(=O)c1ccccc1. The molecule has 7 nitrogen and oxygen atoms in total. The Kier molecular flexibility index (Phi) is 5.50. The smallest absolute Gasteiger partial charge is 0.227 e. The molecule has 3 heterocycles. The highest BCUT2D eigenvalue weighted by Crippen LogP contribution is 2.27. The van der Waals surface area contributed by atoms with Gasteiger partial charge in [0.2, 0.25) is 15.8 Å². The van der Waals surface area contributed by atoms with E-state index in [1.165, 1.54) is 38.5 Å². The second-order valence-corrected chi connectivity index (χ2v) is 9.47. The average molecular weight is 402 g/mol. The van der Waals surface area contributed by atoms with Crippen LogP contribution < -0.4 is 10.6 Å². The second kappa shape index (κ2) is 8.05. The molecule has 0 radical (unpaired) electrons. The standard InChI is InChI=1S/C20H27N5O2S/c21-19-18(28(26,27)17-7-3-1-4-8-17)15-22-20(23-19)25-13-9-16(10-14-25)24-11-5-2-6-12-24/h1,3-4,7-8,15-16H,2,5-6,9-14H2,(H2,21,22,23). The molecule has 8 heteroatoms. The van der Waals surface area contributed by atoms with Crippen LogP contribution >= 0.6 is 0 Å². The van der Waals surface area contributed by atoms with E-state index < -0.39 is 9.84 Å². The summed E-state index contributed by atoms with van der Waals surface area (Å²) in [5, 5.41) is 0. The topological polar surface area (TPSA) is 92.4 Å². The number of hydrogen-bond acceptors (Lipinski definition) is 7. The van der Waals surface area contributed by atoms with Gasteiger partial charge in [-0.3, -0.25) is 0 Å². The Morgan fingerprint density at radius 3 is 2.29 bits per heavy atom. The molecule has 28 heavy (non-hydrogen) atoms. The van der Waals surface area contributed by atoms with Gasteiger partial charge in [-0.25, -0.2) is 13.4 Å². The Morgan fingerprint density at radius 2 is 1.64 bits per heavy atom. The van der Waals surface area contributed by atoms with Gasteiger partial charge in [-0.2, -0.15) is 4.98 Å². The third-order valence-corrected chi connectivity index (χ3v) is 7.55. The van der Waals surface area contributed by atoms with Gasteiger partial charge in [-0.1, -0.05) is 24.6 Å². The van der Waals surface area contributed by atoms with Crippen molar-refractivity contribution in [1.82, 2.24) is 14.9 Å². The molecule has 1 aromatic carbocycles. The molecule has 2 saturated heterocycles. The van der Waals surface area contributed by atoms with Crippen LogP contribution in [0, 0.1) is 0 Å². The molecule has 1 aromatic heterocycles. The summed E-state index contributed by atoms with van der Waals surface area (Å²) in [6.45, 7) is 4.15. The van der Waals surface area contributed by atoms with Crippen molar-refractivity contribution in [2.75, 3.05) is 36.8 Å². The molecular weight excluding hydrogens is 374 g/mol. The van der Waals surface area contributed by atoms with E-state index in [1.54, 1.807) is 30.3 Å². The number of nitrogen functional groups attached to an aromatic ring is 1. The number of piperidine rings is 2. The molecule has 2 aliphatic rings. The van der Waals surface area contributed by atoms with Crippen LogP contribution in [0.3, 0.4) is 0 Å². The number of hydrogen-bond donors (Lipinski definition) is 1. The molecule has 0 spiro atoms. The fourth-order valence-electron chi connectivity index (χ4n) is 4.17. The van der Waals surface area contributed by atoms with Crippen molar-refractivity contribution in [2.24, 2.45) is 0 Å². The molecule has 0 aliphatic carbocycles. The Labute approximate surface area is 166 Å². The predicted molar refractivity (Wildman–Crippen MR) is 109 cm³/mol. The molecule has 0 atom stereocenters. The molecular formula is C20H27N5O2S. The molecule has 2 fully saturated rings. The van der Waals surface area contributed by atoms with Gasteiger partial charge in [0.05, 0.1) is 11.1 Å². The third kappa shape index (κ3) is 3.84. The Morgan fingerprint density at radius 1 is 0.964 bits per heavy atom. The van der Waals surface area contributed by atoms with Crippen LogP contribution in [0.5, 0.6) is 0 Å². The van der Waals surface area contributed by atoms with Crippen molar-refractivity contribution < 1.29 is 8.42 Å². The molecule has 0 amide bonds. The molecule has 0 unspecified atom stereocenters. The predicted octanol–water partition coefficient (Wildman–Crippen LogP) is 2.35. The highest BCUT2D eigenvalue weighted by molar-refractivity contribution is 7.91. The van der Waals surface area contributed by atoms with E-state index in [0.717, 1.165) is 25.9 Å². The first-order valence-corrected chi connectivity index (χ1v) is 11.5. The lowest BCUT2D eigenvalue weighted by atomic mass is 10.0. The molecule has 2 N–H and O–H groups in total. The first-order chi connectivity index (χ1) is 13.6. The van der Waals surface area contributed by atoms with Gasteiger partial charge in [-0.15, -0.1) is 0 Å².